The van der Waals surface area contributed by atoms with Gasteiger partial charge in [0.2, 0.25) is 5.91 Å². The Morgan fingerprint density at radius 3 is 2.35 bits per heavy atom. The van der Waals surface area contributed by atoms with Crippen LogP contribution in [0.4, 0.5) is 5.69 Å². The van der Waals surface area contributed by atoms with Gasteiger partial charge < -0.3 is 0 Å². The lowest BCUT2D eigenvalue weighted by atomic mass is 10.1. The first-order chi connectivity index (χ1) is 8.13. The maximum absolute atomic E-state index is 11.7. The SMILES string of the molecule is C=C1CC(=O)N(c2ccc(CCC)cc2)C1=O. The van der Waals surface area contributed by atoms with Gasteiger partial charge in [-0.3, -0.25) is 9.59 Å². The van der Waals surface area contributed by atoms with E-state index in [2.05, 4.69) is 13.5 Å². The molecule has 2 rings (SSSR count). The van der Waals surface area contributed by atoms with Crippen LogP contribution in [0.3, 0.4) is 0 Å². The average Bonchev–Trinajstić information content (AvgIpc) is 2.55. The summed E-state index contributed by atoms with van der Waals surface area (Å²) < 4.78 is 0. The third kappa shape index (κ3) is 2.13. The van der Waals surface area contributed by atoms with Gasteiger partial charge in [-0.1, -0.05) is 32.1 Å². The van der Waals surface area contributed by atoms with Crippen molar-refractivity contribution in [2.45, 2.75) is 26.2 Å². The molecule has 0 N–H and O–H groups in total. The Labute approximate surface area is 101 Å². The van der Waals surface area contributed by atoms with Crippen LogP contribution < -0.4 is 4.90 Å². The first kappa shape index (κ1) is 11.6. The lowest BCUT2D eigenvalue weighted by Crippen LogP contribution is -2.28. The topological polar surface area (TPSA) is 37.4 Å². The molecule has 0 unspecified atom stereocenters. The van der Waals surface area contributed by atoms with E-state index in [-0.39, 0.29) is 18.2 Å². The van der Waals surface area contributed by atoms with E-state index >= 15 is 0 Å². The second-order valence-electron chi connectivity index (χ2n) is 4.23. The van der Waals surface area contributed by atoms with Crippen LogP contribution in [0.25, 0.3) is 0 Å². The monoisotopic (exact) mass is 229 g/mol. The zero-order valence-corrected chi connectivity index (χ0v) is 9.90. The van der Waals surface area contributed by atoms with Gasteiger partial charge in [0.25, 0.3) is 5.91 Å². The molecule has 0 aromatic heterocycles. The van der Waals surface area contributed by atoms with Crippen molar-refractivity contribution in [1.29, 1.82) is 0 Å². The number of rotatable bonds is 3. The Hall–Kier alpha value is -1.90. The lowest BCUT2D eigenvalue weighted by molar-refractivity contribution is -0.120. The van der Waals surface area contributed by atoms with Gasteiger partial charge in [-0.15, -0.1) is 0 Å². The van der Waals surface area contributed by atoms with Gasteiger partial charge >= 0.3 is 0 Å². The van der Waals surface area contributed by atoms with Crippen LogP contribution in [0.15, 0.2) is 36.4 Å². The number of hydrogen-bond acceptors (Lipinski definition) is 2. The van der Waals surface area contributed by atoms with Gasteiger partial charge in [-0.25, -0.2) is 4.90 Å². The van der Waals surface area contributed by atoms with E-state index in [0.29, 0.717) is 11.3 Å². The second-order valence-corrected chi connectivity index (χ2v) is 4.23. The number of carbonyl (C=O) groups is 2. The minimum atomic E-state index is -0.279. The van der Waals surface area contributed by atoms with Crippen molar-refractivity contribution in [1.82, 2.24) is 0 Å². The van der Waals surface area contributed by atoms with E-state index in [0.717, 1.165) is 12.8 Å². The van der Waals surface area contributed by atoms with Crippen molar-refractivity contribution in [3.8, 4) is 0 Å². The van der Waals surface area contributed by atoms with Gasteiger partial charge in [0.1, 0.15) is 0 Å². The molecule has 3 heteroatoms. The summed E-state index contributed by atoms with van der Waals surface area (Å²) in [5, 5.41) is 0. The summed E-state index contributed by atoms with van der Waals surface area (Å²) in [4.78, 5) is 24.6. The molecule has 1 aromatic rings. The highest BCUT2D eigenvalue weighted by Crippen LogP contribution is 2.25. The minimum Gasteiger partial charge on any atom is -0.274 e. The molecule has 3 nitrogen and oxygen atoms in total. The third-order valence-corrected chi connectivity index (χ3v) is 2.85. The zero-order valence-electron chi connectivity index (χ0n) is 9.90. The number of hydrogen-bond donors (Lipinski definition) is 0. The maximum atomic E-state index is 11.7. The highest BCUT2D eigenvalue weighted by Gasteiger charge is 2.33. The molecule has 0 spiro atoms. The van der Waals surface area contributed by atoms with Crippen molar-refractivity contribution in [3.63, 3.8) is 0 Å². The summed E-state index contributed by atoms with van der Waals surface area (Å²) in [6, 6.07) is 7.56. The van der Waals surface area contributed by atoms with Crippen molar-refractivity contribution in [2.24, 2.45) is 0 Å². The van der Waals surface area contributed by atoms with E-state index in [1.165, 1.54) is 10.5 Å². The summed E-state index contributed by atoms with van der Waals surface area (Å²) in [6.07, 6.45) is 2.22. The van der Waals surface area contributed by atoms with Crippen molar-refractivity contribution in [3.05, 3.63) is 42.0 Å². The van der Waals surface area contributed by atoms with E-state index in [1.54, 1.807) is 0 Å². The van der Waals surface area contributed by atoms with Crippen molar-refractivity contribution >= 4 is 17.5 Å². The fourth-order valence-electron chi connectivity index (χ4n) is 1.97. The number of imide groups is 1. The second kappa shape index (κ2) is 4.53. The Morgan fingerprint density at radius 1 is 1.24 bits per heavy atom. The van der Waals surface area contributed by atoms with E-state index in [4.69, 9.17) is 0 Å². The third-order valence-electron chi connectivity index (χ3n) is 2.85. The Kier molecular flexibility index (Phi) is 3.09. The van der Waals surface area contributed by atoms with Crippen LogP contribution in [-0.4, -0.2) is 11.8 Å². The molecular weight excluding hydrogens is 214 g/mol. The van der Waals surface area contributed by atoms with Crippen molar-refractivity contribution in [2.75, 3.05) is 4.90 Å². The Bertz CT molecular complexity index is 474. The number of amides is 2. The summed E-state index contributed by atoms with van der Waals surface area (Å²) in [6.45, 7) is 5.71. The van der Waals surface area contributed by atoms with E-state index in [1.807, 2.05) is 24.3 Å². The van der Waals surface area contributed by atoms with Crippen molar-refractivity contribution < 1.29 is 9.59 Å². The predicted molar refractivity (Wildman–Crippen MR) is 66.7 cm³/mol. The molecule has 0 atom stereocenters. The van der Waals surface area contributed by atoms with Gasteiger partial charge in [0, 0.05) is 5.57 Å². The summed E-state index contributed by atoms with van der Waals surface area (Å²) >= 11 is 0. The number of carbonyl (C=O) groups excluding carboxylic acids is 2. The van der Waals surface area contributed by atoms with Crippen LogP contribution in [-0.2, 0) is 16.0 Å². The molecule has 17 heavy (non-hydrogen) atoms. The highest BCUT2D eigenvalue weighted by atomic mass is 16.2. The van der Waals surface area contributed by atoms with Crippen LogP contribution in [0.5, 0.6) is 0 Å². The molecule has 1 saturated heterocycles. The fraction of sp³-hybridized carbons (Fsp3) is 0.286. The van der Waals surface area contributed by atoms with Crippen LogP contribution in [0.2, 0.25) is 0 Å². The first-order valence-electron chi connectivity index (χ1n) is 5.77. The van der Waals surface area contributed by atoms with Gasteiger partial charge in [0.15, 0.2) is 0 Å². The molecule has 1 aliphatic heterocycles. The number of nitrogens with zero attached hydrogens (tertiary/aromatic N) is 1. The van der Waals surface area contributed by atoms with Crippen LogP contribution in [0, 0.1) is 0 Å². The normalized spacial score (nSPS) is 15.8. The molecule has 1 aromatic carbocycles. The van der Waals surface area contributed by atoms with E-state index in [9.17, 15) is 9.59 Å². The molecule has 2 amide bonds. The molecule has 0 radical (unpaired) electrons. The maximum Gasteiger partial charge on any atom is 0.260 e. The first-order valence-corrected chi connectivity index (χ1v) is 5.77. The molecule has 0 saturated carbocycles. The smallest absolute Gasteiger partial charge is 0.260 e. The molecule has 1 fully saturated rings. The summed E-state index contributed by atoms with van der Waals surface area (Å²) in [7, 11) is 0. The summed E-state index contributed by atoms with van der Waals surface area (Å²) in [5.41, 5.74) is 2.22. The fourth-order valence-corrected chi connectivity index (χ4v) is 1.97. The molecule has 88 valence electrons. The Balaban J connectivity index is 2.25. The van der Waals surface area contributed by atoms with Crippen LogP contribution >= 0.6 is 0 Å². The molecular formula is C14H15NO2. The number of aryl methyl sites for hydroxylation is 1. The lowest BCUT2D eigenvalue weighted by Gasteiger charge is -2.13. The Morgan fingerprint density at radius 2 is 1.88 bits per heavy atom. The summed E-state index contributed by atoms with van der Waals surface area (Å²) in [5.74, 6) is -0.471. The van der Waals surface area contributed by atoms with E-state index < -0.39 is 0 Å². The molecule has 1 heterocycles. The highest BCUT2D eigenvalue weighted by molar-refractivity contribution is 6.27. The van der Waals surface area contributed by atoms with Gasteiger partial charge in [-0.2, -0.15) is 0 Å². The standard InChI is InChI=1S/C14H15NO2/c1-3-4-11-5-7-12(8-6-11)15-13(16)9-10(2)14(15)17/h5-8H,2-4,9H2,1H3. The van der Waals surface area contributed by atoms with Gasteiger partial charge in [-0.05, 0) is 24.1 Å². The van der Waals surface area contributed by atoms with Gasteiger partial charge in [0.05, 0.1) is 12.1 Å². The van der Waals surface area contributed by atoms with Crippen LogP contribution in [0.1, 0.15) is 25.3 Å². The molecule has 1 aliphatic rings. The largest absolute Gasteiger partial charge is 0.274 e. The number of benzene rings is 1. The molecule has 0 aliphatic carbocycles. The zero-order chi connectivity index (χ0) is 12.4. The average molecular weight is 229 g/mol. The minimum absolute atomic E-state index is 0.134. The predicted octanol–water partition coefficient (Wildman–Crippen LogP) is 2.46. The quantitative estimate of drug-likeness (QED) is 0.589. The number of anilines is 1. The molecule has 0 bridgehead atoms.